The van der Waals surface area contributed by atoms with Gasteiger partial charge in [0, 0.05) is 18.6 Å². The van der Waals surface area contributed by atoms with E-state index in [1.165, 1.54) is 45.2 Å². The summed E-state index contributed by atoms with van der Waals surface area (Å²) in [5.74, 6) is 1.82. The molecule has 0 aromatic rings. The molecule has 2 aliphatic rings. The van der Waals surface area contributed by atoms with Gasteiger partial charge in [0.2, 0.25) is 0 Å². The zero-order valence-electron chi connectivity index (χ0n) is 11.9. The standard InChI is InChI=1S/C15H30N2/c1-4-16-14-8-6-10-17(11-14)15-9-5-7-12(2)13(15)3/h12-16H,4-11H2,1-3H3. The lowest BCUT2D eigenvalue weighted by molar-refractivity contribution is 0.0546. The first-order chi connectivity index (χ1) is 8.22. The van der Waals surface area contributed by atoms with Crippen molar-refractivity contribution in [3.8, 4) is 0 Å². The molecule has 100 valence electrons. The van der Waals surface area contributed by atoms with E-state index < -0.39 is 0 Å². The fourth-order valence-electron chi connectivity index (χ4n) is 3.83. The Morgan fingerprint density at radius 2 is 1.94 bits per heavy atom. The van der Waals surface area contributed by atoms with Crippen molar-refractivity contribution in [1.29, 1.82) is 0 Å². The minimum absolute atomic E-state index is 0.748. The van der Waals surface area contributed by atoms with Crippen molar-refractivity contribution >= 4 is 0 Å². The van der Waals surface area contributed by atoms with Gasteiger partial charge in [-0.3, -0.25) is 4.90 Å². The van der Waals surface area contributed by atoms with Gasteiger partial charge in [-0.1, -0.05) is 33.6 Å². The lowest BCUT2D eigenvalue weighted by Gasteiger charge is -2.45. The molecule has 4 atom stereocenters. The van der Waals surface area contributed by atoms with Crippen LogP contribution in [-0.2, 0) is 0 Å². The Kier molecular flexibility index (Phi) is 4.87. The molecule has 0 radical (unpaired) electrons. The van der Waals surface area contributed by atoms with Crippen LogP contribution in [0.3, 0.4) is 0 Å². The Hall–Kier alpha value is -0.0800. The van der Waals surface area contributed by atoms with Crippen LogP contribution in [0, 0.1) is 11.8 Å². The Balaban J connectivity index is 1.91. The molecule has 0 spiro atoms. The summed E-state index contributed by atoms with van der Waals surface area (Å²) < 4.78 is 0. The zero-order valence-corrected chi connectivity index (χ0v) is 11.9. The van der Waals surface area contributed by atoms with Gasteiger partial charge in [-0.05, 0) is 44.2 Å². The fourth-order valence-corrected chi connectivity index (χ4v) is 3.83. The summed E-state index contributed by atoms with van der Waals surface area (Å²) in [6.07, 6.45) is 7.08. The third kappa shape index (κ3) is 3.23. The van der Waals surface area contributed by atoms with Crippen LogP contribution in [-0.4, -0.2) is 36.6 Å². The average molecular weight is 238 g/mol. The highest BCUT2D eigenvalue weighted by atomic mass is 15.2. The number of nitrogens with one attached hydrogen (secondary N) is 1. The van der Waals surface area contributed by atoms with Gasteiger partial charge >= 0.3 is 0 Å². The number of likely N-dealkylation sites (tertiary alicyclic amines) is 1. The van der Waals surface area contributed by atoms with Crippen molar-refractivity contribution in [3.63, 3.8) is 0 Å². The van der Waals surface area contributed by atoms with E-state index in [9.17, 15) is 0 Å². The van der Waals surface area contributed by atoms with Crippen LogP contribution in [0.15, 0.2) is 0 Å². The Morgan fingerprint density at radius 1 is 1.12 bits per heavy atom. The smallest absolute Gasteiger partial charge is 0.0195 e. The molecule has 1 aliphatic heterocycles. The Bertz CT molecular complexity index is 227. The molecule has 2 rings (SSSR count). The number of hydrogen-bond acceptors (Lipinski definition) is 2. The zero-order chi connectivity index (χ0) is 12.3. The molecule has 0 aromatic carbocycles. The normalized spacial score (nSPS) is 40.4. The number of nitrogens with zero attached hydrogens (tertiary/aromatic N) is 1. The molecule has 2 fully saturated rings. The lowest BCUT2D eigenvalue weighted by Crippen LogP contribution is -2.52. The minimum Gasteiger partial charge on any atom is -0.313 e. The van der Waals surface area contributed by atoms with E-state index in [2.05, 4.69) is 31.0 Å². The lowest BCUT2D eigenvalue weighted by atomic mass is 9.77. The number of piperidine rings is 1. The van der Waals surface area contributed by atoms with E-state index >= 15 is 0 Å². The molecule has 1 heterocycles. The van der Waals surface area contributed by atoms with Crippen LogP contribution < -0.4 is 5.32 Å². The molecule has 1 N–H and O–H groups in total. The molecular weight excluding hydrogens is 208 g/mol. The third-order valence-electron chi connectivity index (χ3n) is 5.08. The summed E-state index contributed by atoms with van der Waals surface area (Å²) >= 11 is 0. The summed E-state index contributed by atoms with van der Waals surface area (Å²) in [5, 5.41) is 3.64. The predicted octanol–water partition coefficient (Wildman–Crippen LogP) is 2.89. The van der Waals surface area contributed by atoms with E-state index in [1.807, 2.05) is 0 Å². The molecule has 4 unspecified atom stereocenters. The largest absolute Gasteiger partial charge is 0.313 e. The average Bonchev–Trinajstić information content (AvgIpc) is 2.33. The van der Waals surface area contributed by atoms with Crippen LogP contribution in [0.1, 0.15) is 52.9 Å². The third-order valence-corrected chi connectivity index (χ3v) is 5.08. The minimum atomic E-state index is 0.748. The first kappa shape index (κ1) is 13.4. The fraction of sp³-hybridized carbons (Fsp3) is 1.00. The van der Waals surface area contributed by atoms with Crippen LogP contribution in [0.4, 0.5) is 0 Å². The maximum absolute atomic E-state index is 3.64. The van der Waals surface area contributed by atoms with E-state index in [0.717, 1.165) is 30.5 Å². The number of hydrogen-bond donors (Lipinski definition) is 1. The molecule has 0 bridgehead atoms. The molecule has 0 amide bonds. The summed E-state index contributed by atoms with van der Waals surface area (Å²) in [6.45, 7) is 10.9. The van der Waals surface area contributed by atoms with Crippen LogP contribution >= 0.6 is 0 Å². The van der Waals surface area contributed by atoms with Crippen molar-refractivity contribution in [2.75, 3.05) is 19.6 Å². The van der Waals surface area contributed by atoms with E-state index in [0.29, 0.717) is 0 Å². The Labute approximate surface area is 107 Å². The topological polar surface area (TPSA) is 15.3 Å². The highest BCUT2D eigenvalue weighted by molar-refractivity contribution is 4.88. The number of rotatable bonds is 3. The van der Waals surface area contributed by atoms with E-state index in [1.54, 1.807) is 0 Å². The van der Waals surface area contributed by atoms with Gasteiger partial charge in [-0.25, -0.2) is 0 Å². The van der Waals surface area contributed by atoms with Crippen molar-refractivity contribution in [3.05, 3.63) is 0 Å². The Morgan fingerprint density at radius 3 is 2.71 bits per heavy atom. The second-order valence-corrected chi connectivity index (χ2v) is 6.23. The molecular formula is C15H30N2. The van der Waals surface area contributed by atoms with E-state index in [-0.39, 0.29) is 0 Å². The monoisotopic (exact) mass is 238 g/mol. The van der Waals surface area contributed by atoms with Crippen molar-refractivity contribution in [2.45, 2.75) is 65.0 Å². The summed E-state index contributed by atoms with van der Waals surface area (Å²) in [6, 6.07) is 1.61. The summed E-state index contributed by atoms with van der Waals surface area (Å²) in [5.41, 5.74) is 0. The molecule has 1 aliphatic carbocycles. The SMILES string of the molecule is CCNC1CCCN(C2CCCC(C)C2C)C1. The second kappa shape index (κ2) is 6.19. The van der Waals surface area contributed by atoms with Crippen LogP contribution in [0.2, 0.25) is 0 Å². The molecule has 2 heteroatoms. The molecule has 1 saturated heterocycles. The highest BCUT2D eigenvalue weighted by Gasteiger charge is 2.33. The van der Waals surface area contributed by atoms with E-state index in [4.69, 9.17) is 0 Å². The maximum atomic E-state index is 3.64. The number of likely N-dealkylation sites (N-methyl/N-ethyl adjacent to an activating group) is 1. The van der Waals surface area contributed by atoms with Crippen LogP contribution in [0.5, 0.6) is 0 Å². The van der Waals surface area contributed by atoms with Gasteiger partial charge in [0.1, 0.15) is 0 Å². The molecule has 17 heavy (non-hydrogen) atoms. The quantitative estimate of drug-likeness (QED) is 0.813. The van der Waals surface area contributed by atoms with Gasteiger partial charge < -0.3 is 5.32 Å². The summed E-state index contributed by atoms with van der Waals surface area (Å²) in [4.78, 5) is 2.79. The maximum Gasteiger partial charge on any atom is 0.0195 e. The first-order valence-corrected chi connectivity index (χ1v) is 7.69. The van der Waals surface area contributed by atoms with Crippen molar-refractivity contribution in [2.24, 2.45) is 11.8 Å². The van der Waals surface area contributed by atoms with Crippen molar-refractivity contribution in [1.82, 2.24) is 10.2 Å². The van der Waals surface area contributed by atoms with Crippen LogP contribution in [0.25, 0.3) is 0 Å². The van der Waals surface area contributed by atoms with Crippen molar-refractivity contribution < 1.29 is 0 Å². The highest BCUT2D eigenvalue weighted by Crippen LogP contribution is 2.33. The van der Waals surface area contributed by atoms with Gasteiger partial charge in [-0.15, -0.1) is 0 Å². The summed E-state index contributed by atoms with van der Waals surface area (Å²) in [7, 11) is 0. The second-order valence-electron chi connectivity index (χ2n) is 6.23. The molecule has 0 aromatic heterocycles. The van der Waals surface area contributed by atoms with Gasteiger partial charge in [0.15, 0.2) is 0 Å². The van der Waals surface area contributed by atoms with Gasteiger partial charge in [-0.2, -0.15) is 0 Å². The molecule has 1 saturated carbocycles. The van der Waals surface area contributed by atoms with Gasteiger partial charge in [0.25, 0.3) is 0 Å². The first-order valence-electron chi connectivity index (χ1n) is 7.69. The van der Waals surface area contributed by atoms with Gasteiger partial charge in [0.05, 0.1) is 0 Å². The molecule has 2 nitrogen and oxygen atoms in total. The predicted molar refractivity (Wildman–Crippen MR) is 74.2 cm³/mol.